The summed E-state index contributed by atoms with van der Waals surface area (Å²) in [6, 6.07) is 32.2. The van der Waals surface area contributed by atoms with Gasteiger partial charge in [0.2, 0.25) is 0 Å². The fraction of sp³-hybridized carbons (Fsp3) is 0.205. The molecule has 262 valence electrons. The highest BCUT2D eigenvalue weighted by Crippen LogP contribution is 2.32. The van der Waals surface area contributed by atoms with Crippen molar-refractivity contribution in [1.82, 2.24) is 0 Å². The minimum Gasteiger partial charge on any atom is -0.460 e. The molecule has 0 unspecified atom stereocenters. The van der Waals surface area contributed by atoms with Crippen LogP contribution in [0.2, 0.25) is 0 Å². The Balaban J connectivity index is 1.53. The smallest absolute Gasteiger partial charge is 0.338 e. The van der Waals surface area contributed by atoms with Crippen LogP contribution in [0.5, 0.6) is 0 Å². The number of benzene rings is 4. The Kier molecular flexibility index (Phi) is 12.8. The molecule has 0 aliphatic carbocycles. The van der Waals surface area contributed by atoms with Gasteiger partial charge in [0.15, 0.2) is 24.6 Å². The molecule has 12 nitrogen and oxygen atoms in total. The molecule has 4 aromatic carbocycles. The molecule has 51 heavy (non-hydrogen) atoms. The van der Waals surface area contributed by atoms with Gasteiger partial charge in [-0.15, -0.1) is 0 Å². The molecule has 0 aromatic heterocycles. The van der Waals surface area contributed by atoms with E-state index < -0.39 is 67.2 Å². The standard InChI is InChI=1S/C39H34O12/c1-2-31(40)45-23-24-46-39-34(51-38(44)29-21-13-6-14-22-29)33(50-37(43)28-19-11-5-12-20-28)32(49-36(42)27-17-9-4-10-18-27)30(48-39)25-47-35(41)26-15-7-3-8-16-26/h2-22,30,32-34,39H,1,23-25H2/t30-,32-,33+,34+,39+/m1/s1. The van der Waals surface area contributed by atoms with Gasteiger partial charge in [0.1, 0.15) is 19.3 Å². The van der Waals surface area contributed by atoms with Crippen molar-refractivity contribution < 1.29 is 57.1 Å². The monoisotopic (exact) mass is 694 g/mol. The fourth-order valence-corrected chi connectivity index (χ4v) is 5.03. The Morgan fingerprint density at radius 3 is 1.39 bits per heavy atom. The fourth-order valence-electron chi connectivity index (χ4n) is 5.03. The highest BCUT2D eigenvalue weighted by Gasteiger charge is 2.53. The van der Waals surface area contributed by atoms with Gasteiger partial charge in [0.05, 0.1) is 28.9 Å². The maximum atomic E-state index is 13.6. The Labute approximate surface area is 293 Å². The summed E-state index contributed by atoms with van der Waals surface area (Å²) >= 11 is 0. The van der Waals surface area contributed by atoms with Crippen LogP contribution in [0.1, 0.15) is 41.4 Å². The highest BCUT2D eigenvalue weighted by molar-refractivity contribution is 5.91. The Hall–Kier alpha value is -6.11. The second-order valence-electron chi connectivity index (χ2n) is 11.0. The van der Waals surface area contributed by atoms with E-state index >= 15 is 0 Å². The minimum atomic E-state index is -1.58. The van der Waals surface area contributed by atoms with Gasteiger partial charge < -0.3 is 33.2 Å². The highest BCUT2D eigenvalue weighted by atomic mass is 16.7. The molecule has 0 saturated carbocycles. The van der Waals surface area contributed by atoms with Gasteiger partial charge in [-0.3, -0.25) is 0 Å². The lowest BCUT2D eigenvalue weighted by Crippen LogP contribution is -2.63. The summed E-state index contributed by atoms with van der Waals surface area (Å²) in [5.41, 5.74) is 0.697. The van der Waals surface area contributed by atoms with Crippen molar-refractivity contribution in [2.45, 2.75) is 30.7 Å². The third-order valence-electron chi connectivity index (χ3n) is 7.51. The van der Waals surface area contributed by atoms with Crippen molar-refractivity contribution in [3.8, 4) is 0 Å². The molecule has 0 N–H and O–H groups in total. The molecule has 1 aliphatic rings. The molecule has 1 fully saturated rings. The van der Waals surface area contributed by atoms with E-state index in [1.54, 1.807) is 84.9 Å². The van der Waals surface area contributed by atoms with Crippen LogP contribution in [0.25, 0.3) is 0 Å². The first-order valence-electron chi connectivity index (χ1n) is 15.9. The van der Waals surface area contributed by atoms with E-state index in [2.05, 4.69) is 6.58 Å². The van der Waals surface area contributed by atoms with Gasteiger partial charge in [0.25, 0.3) is 0 Å². The van der Waals surface area contributed by atoms with E-state index in [0.717, 1.165) is 6.08 Å². The number of hydrogen-bond acceptors (Lipinski definition) is 12. The summed E-state index contributed by atoms with van der Waals surface area (Å²) in [5, 5.41) is 0. The van der Waals surface area contributed by atoms with Crippen molar-refractivity contribution in [2.75, 3.05) is 19.8 Å². The summed E-state index contributed by atoms with van der Waals surface area (Å²) in [5.74, 6) is -3.92. The molecule has 1 heterocycles. The van der Waals surface area contributed by atoms with Crippen LogP contribution in [0.3, 0.4) is 0 Å². The van der Waals surface area contributed by atoms with Crippen LogP contribution in [-0.4, -0.2) is 80.4 Å². The van der Waals surface area contributed by atoms with Gasteiger partial charge >= 0.3 is 29.8 Å². The minimum absolute atomic E-state index is 0.145. The van der Waals surface area contributed by atoms with E-state index in [9.17, 15) is 24.0 Å². The lowest BCUT2D eigenvalue weighted by atomic mass is 9.97. The van der Waals surface area contributed by atoms with Gasteiger partial charge in [0, 0.05) is 6.08 Å². The third kappa shape index (κ3) is 9.97. The van der Waals surface area contributed by atoms with Crippen molar-refractivity contribution in [3.05, 3.63) is 156 Å². The molecule has 5 rings (SSSR count). The topological polar surface area (TPSA) is 150 Å². The molecule has 0 amide bonds. The van der Waals surface area contributed by atoms with Crippen molar-refractivity contribution >= 4 is 29.8 Å². The van der Waals surface area contributed by atoms with Crippen molar-refractivity contribution in [1.29, 1.82) is 0 Å². The number of carbonyl (C=O) groups is 5. The zero-order valence-corrected chi connectivity index (χ0v) is 27.2. The van der Waals surface area contributed by atoms with Gasteiger partial charge in [-0.2, -0.15) is 0 Å². The molecule has 5 atom stereocenters. The zero-order valence-electron chi connectivity index (χ0n) is 27.2. The predicted molar refractivity (Wildman–Crippen MR) is 179 cm³/mol. The third-order valence-corrected chi connectivity index (χ3v) is 7.51. The number of carbonyl (C=O) groups excluding carboxylic acids is 5. The number of esters is 5. The number of rotatable bonds is 14. The molecule has 1 aliphatic heterocycles. The summed E-state index contributed by atoms with van der Waals surface area (Å²) in [7, 11) is 0. The van der Waals surface area contributed by atoms with Crippen LogP contribution in [0.4, 0.5) is 0 Å². The first kappa shape index (κ1) is 36.2. The largest absolute Gasteiger partial charge is 0.460 e. The molecule has 0 bridgehead atoms. The Bertz CT molecular complexity index is 1780. The maximum Gasteiger partial charge on any atom is 0.338 e. The quantitative estimate of drug-likeness (QED) is 0.0757. The van der Waals surface area contributed by atoms with E-state index in [4.69, 9.17) is 33.2 Å². The molecule has 12 heteroatoms. The molecule has 4 aromatic rings. The normalized spacial score (nSPS) is 19.5. The van der Waals surface area contributed by atoms with Crippen LogP contribution in [0, 0.1) is 0 Å². The molecule has 0 radical (unpaired) electrons. The van der Waals surface area contributed by atoms with E-state index in [1.165, 1.54) is 36.4 Å². The summed E-state index contributed by atoms with van der Waals surface area (Å²) < 4.78 is 40.6. The maximum absolute atomic E-state index is 13.6. The zero-order chi connectivity index (χ0) is 36.0. The predicted octanol–water partition coefficient (Wildman–Crippen LogP) is 4.99. The van der Waals surface area contributed by atoms with E-state index in [0.29, 0.717) is 0 Å². The van der Waals surface area contributed by atoms with Gasteiger partial charge in [-0.25, -0.2) is 24.0 Å². The van der Waals surface area contributed by atoms with Crippen LogP contribution < -0.4 is 0 Å². The molecular weight excluding hydrogens is 660 g/mol. The summed E-state index contributed by atoms with van der Waals surface area (Å²) in [6.07, 6.45) is -6.51. The van der Waals surface area contributed by atoms with Crippen LogP contribution in [0.15, 0.2) is 134 Å². The molecule has 0 spiro atoms. The van der Waals surface area contributed by atoms with Crippen molar-refractivity contribution in [3.63, 3.8) is 0 Å². The summed E-state index contributed by atoms with van der Waals surface area (Å²) in [4.78, 5) is 65.3. The first-order valence-corrected chi connectivity index (χ1v) is 15.9. The Morgan fingerprint density at radius 2 is 0.941 bits per heavy atom. The molecular formula is C39H34O12. The number of ether oxygens (including phenoxy) is 7. The van der Waals surface area contributed by atoms with Gasteiger partial charge in [-0.05, 0) is 48.5 Å². The van der Waals surface area contributed by atoms with Crippen molar-refractivity contribution in [2.24, 2.45) is 0 Å². The second kappa shape index (κ2) is 18.0. The lowest BCUT2D eigenvalue weighted by Gasteiger charge is -2.44. The van der Waals surface area contributed by atoms with E-state index in [-0.39, 0.29) is 35.5 Å². The molecule has 1 saturated heterocycles. The average Bonchev–Trinajstić information content (AvgIpc) is 3.18. The van der Waals surface area contributed by atoms with Crippen LogP contribution >= 0.6 is 0 Å². The average molecular weight is 695 g/mol. The summed E-state index contributed by atoms with van der Waals surface area (Å²) in [6.45, 7) is 2.33. The number of hydrogen-bond donors (Lipinski definition) is 0. The lowest BCUT2D eigenvalue weighted by molar-refractivity contribution is -0.299. The Morgan fingerprint density at radius 1 is 0.529 bits per heavy atom. The SMILES string of the molecule is C=CC(=O)OCCO[C@H]1O[C@H](COC(=O)c2ccccc2)[C@@H](OC(=O)c2ccccc2)[C@H](OC(=O)c2ccccc2)[C@@H]1OC(=O)c1ccccc1. The van der Waals surface area contributed by atoms with Crippen LogP contribution in [-0.2, 0) is 38.0 Å². The van der Waals surface area contributed by atoms with E-state index in [1.807, 2.05) is 0 Å². The van der Waals surface area contributed by atoms with Gasteiger partial charge in [-0.1, -0.05) is 79.4 Å². The first-order chi connectivity index (χ1) is 24.8. The second-order valence-corrected chi connectivity index (χ2v) is 11.0.